The van der Waals surface area contributed by atoms with Crippen molar-refractivity contribution in [3.05, 3.63) is 62.4 Å². The van der Waals surface area contributed by atoms with E-state index in [1.807, 2.05) is 12.3 Å². The Morgan fingerprint density at radius 2 is 2.03 bits per heavy atom. The zero-order valence-corrected chi connectivity index (χ0v) is 23.2. The number of hydrogen-bond acceptors (Lipinski definition) is 7. The Bertz CT molecular complexity index is 1300. The van der Waals surface area contributed by atoms with Crippen LogP contribution in [0.2, 0.25) is 0 Å². The summed E-state index contributed by atoms with van der Waals surface area (Å²) in [6.45, 7) is 11.1. The number of thiophene rings is 1. The van der Waals surface area contributed by atoms with Gasteiger partial charge >= 0.3 is 5.97 Å². The molecule has 0 radical (unpaired) electrons. The lowest BCUT2D eigenvalue weighted by Gasteiger charge is -2.33. The topological polar surface area (TPSA) is 75.0 Å². The molecule has 1 aliphatic carbocycles. The molecule has 36 heavy (non-hydrogen) atoms. The molecule has 4 rings (SSSR count). The van der Waals surface area contributed by atoms with Crippen molar-refractivity contribution in [2.24, 2.45) is 11.3 Å². The predicted molar refractivity (Wildman–Crippen MR) is 149 cm³/mol. The van der Waals surface area contributed by atoms with Crippen molar-refractivity contribution in [1.82, 2.24) is 4.98 Å². The fourth-order valence-corrected chi connectivity index (χ4v) is 6.65. The van der Waals surface area contributed by atoms with Crippen LogP contribution in [0.5, 0.6) is 0 Å². The van der Waals surface area contributed by atoms with Gasteiger partial charge in [-0.15, -0.1) is 22.7 Å². The fraction of sp³-hybridized carbons (Fsp3) is 0.414. The summed E-state index contributed by atoms with van der Waals surface area (Å²) in [6, 6.07) is 10.6. The number of fused-ring (bicyclic) bond motifs is 1. The summed E-state index contributed by atoms with van der Waals surface area (Å²) in [4.78, 5) is 18.9. The van der Waals surface area contributed by atoms with E-state index in [4.69, 9.17) is 9.72 Å². The minimum Gasteiger partial charge on any atom is -0.462 e. The minimum atomic E-state index is -0.300. The molecule has 0 spiro atoms. The number of aryl methyl sites for hydroxylation is 1. The second-order valence-electron chi connectivity index (χ2n) is 10.1. The van der Waals surface area contributed by atoms with Gasteiger partial charge in [-0.2, -0.15) is 5.26 Å². The van der Waals surface area contributed by atoms with Gasteiger partial charge in [0.1, 0.15) is 21.7 Å². The van der Waals surface area contributed by atoms with Crippen molar-refractivity contribution in [3.63, 3.8) is 0 Å². The lowest BCUT2D eigenvalue weighted by Crippen LogP contribution is -2.26. The number of anilines is 1. The van der Waals surface area contributed by atoms with E-state index >= 15 is 0 Å². The number of thiazole rings is 1. The Hall–Kier alpha value is -2.95. The highest BCUT2D eigenvalue weighted by Crippen LogP contribution is 2.44. The Morgan fingerprint density at radius 1 is 1.28 bits per heavy atom. The average Bonchev–Trinajstić information content (AvgIpc) is 3.49. The molecule has 1 aromatic carbocycles. The molecule has 0 saturated carbocycles. The number of nitriles is 1. The maximum absolute atomic E-state index is 12.9. The first-order valence-electron chi connectivity index (χ1n) is 12.5. The van der Waals surface area contributed by atoms with Crippen LogP contribution in [0.4, 0.5) is 5.00 Å². The molecule has 2 aromatic heterocycles. The number of nitrogens with zero attached hydrogens (tertiary/aromatic N) is 2. The van der Waals surface area contributed by atoms with Gasteiger partial charge in [-0.05, 0) is 55.1 Å². The highest BCUT2D eigenvalue weighted by molar-refractivity contribution is 7.16. The van der Waals surface area contributed by atoms with Gasteiger partial charge in [0, 0.05) is 22.0 Å². The number of ether oxygens (including phenoxy) is 1. The summed E-state index contributed by atoms with van der Waals surface area (Å²) >= 11 is 3.05. The third kappa shape index (κ3) is 5.55. The van der Waals surface area contributed by atoms with Crippen LogP contribution in [0, 0.1) is 22.7 Å². The lowest BCUT2D eigenvalue weighted by molar-refractivity contribution is 0.0526. The summed E-state index contributed by atoms with van der Waals surface area (Å²) < 4.78 is 5.41. The normalized spacial score (nSPS) is 15.8. The van der Waals surface area contributed by atoms with Crippen molar-refractivity contribution in [3.8, 4) is 17.3 Å². The van der Waals surface area contributed by atoms with Crippen LogP contribution < -0.4 is 5.32 Å². The third-order valence-electron chi connectivity index (χ3n) is 6.83. The molecule has 1 N–H and O–H groups in total. The summed E-state index contributed by atoms with van der Waals surface area (Å²) in [5.41, 5.74) is 5.53. The van der Waals surface area contributed by atoms with Crippen LogP contribution in [0.1, 0.15) is 72.4 Å². The first-order valence-corrected chi connectivity index (χ1v) is 14.2. The molecule has 3 aromatic rings. The standard InChI is InChI=1S/C29H33N3O2S2/c1-6-18-8-10-19(11-9-18)23-17-35-26(32-23)20(15-30)16-31-27-25(28(33)34-7-2)22-13-12-21(29(3,4)5)14-24(22)36-27/h8-11,16-17,21,31H,6-7,12-14H2,1-5H3. The minimum absolute atomic E-state index is 0.215. The number of esters is 1. The molecule has 1 atom stereocenters. The predicted octanol–water partition coefficient (Wildman–Crippen LogP) is 7.74. The molecule has 7 heteroatoms. The monoisotopic (exact) mass is 519 g/mol. The number of rotatable bonds is 7. The number of hydrogen-bond donors (Lipinski definition) is 1. The van der Waals surface area contributed by atoms with Crippen molar-refractivity contribution in [1.29, 1.82) is 5.26 Å². The second kappa shape index (κ2) is 11.0. The largest absolute Gasteiger partial charge is 0.462 e. The molecular weight excluding hydrogens is 486 g/mol. The van der Waals surface area contributed by atoms with Gasteiger partial charge in [-0.3, -0.25) is 0 Å². The quantitative estimate of drug-likeness (QED) is 0.255. The molecule has 5 nitrogen and oxygen atoms in total. The van der Waals surface area contributed by atoms with Crippen LogP contribution in [-0.2, 0) is 24.0 Å². The van der Waals surface area contributed by atoms with Gasteiger partial charge in [0.25, 0.3) is 0 Å². The molecule has 188 valence electrons. The molecule has 0 bridgehead atoms. The van der Waals surface area contributed by atoms with E-state index in [9.17, 15) is 10.1 Å². The summed E-state index contributed by atoms with van der Waals surface area (Å²) in [5, 5.41) is 16.5. The maximum Gasteiger partial charge on any atom is 0.341 e. The van der Waals surface area contributed by atoms with Crippen molar-refractivity contribution in [2.45, 2.75) is 60.3 Å². The summed E-state index contributed by atoms with van der Waals surface area (Å²) in [7, 11) is 0. The smallest absolute Gasteiger partial charge is 0.341 e. The number of nitrogens with one attached hydrogen (secondary N) is 1. The van der Waals surface area contributed by atoms with Gasteiger partial charge in [-0.25, -0.2) is 9.78 Å². The average molecular weight is 520 g/mol. The van der Waals surface area contributed by atoms with E-state index in [-0.39, 0.29) is 11.4 Å². The van der Waals surface area contributed by atoms with E-state index < -0.39 is 0 Å². The fourth-order valence-electron chi connectivity index (χ4n) is 4.57. The summed E-state index contributed by atoms with van der Waals surface area (Å²) in [5.74, 6) is 0.266. The highest BCUT2D eigenvalue weighted by atomic mass is 32.1. The van der Waals surface area contributed by atoms with Crippen LogP contribution in [0.3, 0.4) is 0 Å². The molecule has 0 amide bonds. The van der Waals surface area contributed by atoms with Gasteiger partial charge < -0.3 is 10.1 Å². The van der Waals surface area contributed by atoms with Gasteiger partial charge in [0.05, 0.1) is 17.9 Å². The van der Waals surface area contributed by atoms with Gasteiger partial charge in [-0.1, -0.05) is 52.0 Å². The lowest BCUT2D eigenvalue weighted by atomic mass is 9.72. The van der Waals surface area contributed by atoms with E-state index in [1.165, 1.54) is 21.8 Å². The van der Waals surface area contributed by atoms with E-state index in [0.717, 1.165) is 47.5 Å². The number of aromatic nitrogens is 1. The molecule has 1 unspecified atom stereocenters. The van der Waals surface area contributed by atoms with Crippen LogP contribution in [-0.4, -0.2) is 17.6 Å². The molecule has 2 heterocycles. The van der Waals surface area contributed by atoms with Gasteiger partial charge in [0.2, 0.25) is 0 Å². The van der Waals surface area contributed by atoms with Crippen LogP contribution in [0.15, 0.2) is 35.8 Å². The van der Waals surface area contributed by atoms with E-state index in [1.54, 1.807) is 17.5 Å². The van der Waals surface area contributed by atoms with Crippen LogP contribution >= 0.6 is 22.7 Å². The Labute approximate surface area is 221 Å². The highest BCUT2D eigenvalue weighted by Gasteiger charge is 2.34. The number of allylic oxidation sites excluding steroid dienone is 1. The number of benzene rings is 1. The Morgan fingerprint density at radius 3 is 2.67 bits per heavy atom. The first kappa shape index (κ1) is 26.1. The maximum atomic E-state index is 12.9. The summed E-state index contributed by atoms with van der Waals surface area (Å²) in [6.07, 6.45) is 5.54. The second-order valence-corrected chi connectivity index (χ2v) is 12.1. The molecular formula is C29H33N3O2S2. The zero-order valence-electron chi connectivity index (χ0n) is 21.6. The van der Waals surface area contributed by atoms with Crippen molar-refractivity contribution < 1.29 is 9.53 Å². The van der Waals surface area contributed by atoms with Gasteiger partial charge in [0.15, 0.2) is 0 Å². The van der Waals surface area contributed by atoms with E-state index in [0.29, 0.717) is 28.7 Å². The molecule has 1 aliphatic rings. The number of carbonyl (C=O) groups excluding carboxylic acids is 1. The Kier molecular flexibility index (Phi) is 7.97. The van der Waals surface area contributed by atoms with E-state index in [2.05, 4.69) is 63.3 Å². The van der Waals surface area contributed by atoms with Crippen molar-refractivity contribution >= 4 is 39.2 Å². The van der Waals surface area contributed by atoms with Crippen LogP contribution in [0.25, 0.3) is 16.8 Å². The third-order valence-corrected chi connectivity index (χ3v) is 8.89. The van der Waals surface area contributed by atoms with Crippen molar-refractivity contribution in [2.75, 3.05) is 11.9 Å². The first-order chi connectivity index (χ1) is 17.2. The zero-order chi connectivity index (χ0) is 25.9. The SMILES string of the molecule is CCOC(=O)c1c(NC=C(C#N)c2nc(-c3ccc(CC)cc3)cs2)sc2c1CCC(C(C)(C)C)C2. The molecule has 0 saturated heterocycles. The Balaban J connectivity index is 1.62. The molecule has 0 aliphatic heterocycles. The molecule has 0 fully saturated rings. The number of carbonyl (C=O) groups is 1.